The van der Waals surface area contributed by atoms with Gasteiger partial charge in [0, 0.05) is 12.1 Å². The van der Waals surface area contributed by atoms with Gasteiger partial charge in [0.15, 0.2) is 16.3 Å². The third-order valence-corrected chi connectivity index (χ3v) is 7.71. The maximum atomic E-state index is 13.8. The van der Waals surface area contributed by atoms with Crippen LogP contribution in [0.2, 0.25) is 0 Å². The van der Waals surface area contributed by atoms with Crippen molar-refractivity contribution in [1.29, 1.82) is 0 Å². The zero-order chi connectivity index (χ0) is 30.7. The summed E-state index contributed by atoms with van der Waals surface area (Å²) >= 11 is 1.17. The minimum Gasteiger partial charge on any atom is -0.493 e. The molecule has 0 amide bonds. The Kier molecular flexibility index (Phi) is 8.48. The first-order chi connectivity index (χ1) is 20.7. The first-order valence-corrected chi connectivity index (χ1v) is 14.0. The Bertz CT molecular complexity index is 1910. The van der Waals surface area contributed by atoms with Crippen molar-refractivity contribution >= 4 is 29.1 Å². The monoisotopic (exact) mass is 603 g/mol. The molecule has 10 nitrogen and oxygen atoms in total. The Morgan fingerprint density at radius 1 is 1.12 bits per heavy atom. The number of halogens is 1. The SMILES string of the molecule is CCOC(=O)C1=C(C)N=c2s/c(=C\c3ccc(OCc4ccc([N+](=O)[O-])cc4)c(OC)c3)c(=O)n2[C@@H]1c1ccc(F)cc1. The van der Waals surface area contributed by atoms with Crippen molar-refractivity contribution < 1.29 is 28.3 Å². The molecule has 2 heterocycles. The molecule has 1 atom stereocenters. The molecular formula is C31H26FN3O7S. The summed E-state index contributed by atoms with van der Waals surface area (Å²) in [6.07, 6.45) is 1.69. The van der Waals surface area contributed by atoms with Gasteiger partial charge in [0.25, 0.3) is 11.2 Å². The average molecular weight is 604 g/mol. The minimum atomic E-state index is -0.845. The summed E-state index contributed by atoms with van der Waals surface area (Å²) in [5, 5.41) is 10.9. The number of methoxy groups -OCH3 is 1. The first-order valence-electron chi connectivity index (χ1n) is 13.2. The van der Waals surface area contributed by atoms with Crippen molar-refractivity contribution in [2.75, 3.05) is 13.7 Å². The molecule has 3 aromatic carbocycles. The van der Waals surface area contributed by atoms with Crippen molar-refractivity contribution in [1.82, 2.24) is 4.57 Å². The van der Waals surface area contributed by atoms with E-state index in [0.29, 0.717) is 37.7 Å². The molecule has 43 heavy (non-hydrogen) atoms. The summed E-state index contributed by atoms with van der Waals surface area (Å²) in [6, 6.07) is 16.0. The number of carbonyl (C=O) groups excluding carboxylic acids is 1. The van der Waals surface area contributed by atoms with Gasteiger partial charge < -0.3 is 14.2 Å². The molecule has 1 aliphatic rings. The second kappa shape index (κ2) is 12.4. The van der Waals surface area contributed by atoms with Crippen LogP contribution >= 0.6 is 11.3 Å². The average Bonchev–Trinajstić information content (AvgIpc) is 3.30. The molecule has 12 heteroatoms. The van der Waals surface area contributed by atoms with E-state index in [1.807, 2.05) is 0 Å². The molecule has 4 aromatic rings. The molecule has 5 rings (SSSR count). The topological polar surface area (TPSA) is 122 Å². The van der Waals surface area contributed by atoms with Crippen LogP contribution < -0.4 is 24.4 Å². The fourth-order valence-electron chi connectivity index (χ4n) is 4.67. The van der Waals surface area contributed by atoms with Crippen molar-refractivity contribution in [2.45, 2.75) is 26.5 Å². The normalized spacial score (nSPS) is 14.6. The Labute approximate surface area is 248 Å². The highest BCUT2D eigenvalue weighted by molar-refractivity contribution is 7.07. The molecule has 0 radical (unpaired) electrons. The van der Waals surface area contributed by atoms with Gasteiger partial charge in [-0.3, -0.25) is 19.5 Å². The molecule has 0 fully saturated rings. The van der Waals surface area contributed by atoms with Crippen molar-refractivity contribution in [3.8, 4) is 11.5 Å². The lowest BCUT2D eigenvalue weighted by molar-refractivity contribution is -0.384. The molecule has 0 saturated carbocycles. The summed E-state index contributed by atoms with van der Waals surface area (Å²) in [6.45, 7) is 3.68. The second-order valence-corrected chi connectivity index (χ2v) is 10.5. The van der Waals surface area contributed by atoms with Gasteiger partial charge in [0.1, 0.15) is 12.4 Å². The van der Waals surface area contributed by atoms with Gasteiger partial charge in [-0.25, -0.2) is 14.2 Å². The maximum absolute atomic E-state index is 13.8. The molecule has 0 spiro atoms. The molecular weight excluding hydrogens is 577 g/mol. The van der Waals surface area contributed by atoms with E-state index in [1.165, 1.54) is 59.4 Å². The van der Waals surface area contributed by atoms with Crippen molar-refractivity contribution in [3.63, 3.8) is 0 Å². The number of carbonyl (C=O) groups is 1. The summed E-state index contributed by atoms with van der Waals surface area (Å²) in [4.78, 5) is 42.1. The number of fused-ring (bicyclic) bond motifs is 1. The van der Waals surface area contributed by atoms with E-state index in [4.69, 9.17) is 14.2 Å². The number of hydrogen-bond donors (Lipinski definition) is 0. The highest BCUT2D eigenvalue weighted by Gasteiger charge is 2.33. The van der Waals surface area contributed by atoms with E-state index in [9.17, 15) is 24.1 Å². The number of aromatic nitrogens is 1. The molecule has 0 unspecified atom stereocenters. The third kappa shape index (κ3) is 6.09. The standard InChI is InChI=1S/C31H26FN3O7S/c1-4-41-30(37)27-18(2)33-31-34(28(27)21-8-10-22(32)11-9-21)29(36)26(43-31)16-20-7-14-24(25(15-20)40-3)42-17-19-5-12-23(13-6-19)35(38)39/h5-16,28H,4,17H2,1-3H3/b26-16-/t28-/m1/s1. The predicted octanol–water partition coefficient (Wildman–Crippen LogP) is 4.43. The van der Waals surface area contributed by atoms with Gasteiger partial charge in [-0.1, -0.05) is 29.5 Å². The molecule has 0 aliphatic carbocycles. The number of thiazole rings is 1. The molecule has 0 bridgehead atoms. The van der Waals surface area contributed by atoms with Crippen LogP contribution in [0.1, 0.15) is 36.6 Å². The highest BCUT2D eigenvalue weighted by Crippen LogP contribution is 2.31. The van der Waals surface area contributed by atoms with Gasteiger partial charge >= 0.3 is 5.97 Å². The molecule has 0 N–H and O–H groups in total. The van der Waals surface area contributed by atoms with E-state index in [-0.39, 0.29) is 30.0 Å². The largest absolute Gasteiger partial charge is 0.493 e. The Hall–Kier alpha value is -5.10. The Balaban J connectivity index is 1.50. The summed E-state index contributed by atoms with van der Waals surface area (Å²) in [5.41, 5.74) is 2.19. The highest BCUT2D eigenvalue weighted by atomic mass is 32.1. The number of esters is 1. The fourth-order valence-corrected chi connectivity index (χ4v) is 5.72. The Morgan fingerprint density at radius 3 is 2.49 bits per heavy atom. The van der Waals surface area contributed by atoms with Crippen LogP contribution in [0.5, 0.6) is 11.5 Å². The van der Waals surface area contributed by atoms with Gasteiger partial charge in [-0.2, -0.15) is 0 Å². The first kappa shape index (κ1) is 29.4. The second-order valence-electron chi connectivity index (χ2n) is 9.48. The van der Waals surface area contributed by atoms with Gasteiger partial charge in [-0.05, 0) is 73.0 Å². The predicted molar refractivity (Wildman–Crippen MR) is 157 cm³/mol. The number of nitrogens with zero attached hydrogens (tertiary/aromatic N) is 3. The number of nitro benzene ring substituents is 1. The van der Waals surface area contributed by atoms with E-state index in [2.05, 4.69) is 4.99 Å². The summed E-state index contributed by atoms with van der Waals surface area (Å²) < 4.78 is 32.2. The minimum absolute atomic E-state index is 0.00720. The van der Waals surface area contributed by atoms with Crippen LogP contribution in [0.4, 0.5) is 10.1 Å². The third-order valence-electron chi connectivity index (χ3n) is 6.73. The van der Waals surface area contributed by atoms with Gasteiger partial charge in [0.05, 0.1) is 40.5 Å². The van der Waals surface area contributed by atoms with E-state index in [1.54, 1.807) is 50.3 Å². The summed E-state index contributed by atoms with van der Waals surface area (Å²) in [5.74, 6) is -0.163. The number of allylic oxidation sites excluding steroid dienone is 1. The zero-order valence-corrected chi connectivity index (χ0v) is 24.2. The number of non-ortho nitro benzene ring substituents is 1. The molecule has 1 aromatic heterocycles. The van der Waals surface area contributed by atoms with Crippen LogP contribution in [-0.2, 0) is 16.1 Å². The lowest BCUT2D eigenvalue weighted by Crippen LogP contribution is -2.39. The molecule has 1 aliphatic heterocycles. The number of ether oxygens (including phenoxy) is 3. The van der Waals surface area contributed by atoms with E-state index < -0.39 is 22.8 Å². The van der Waals surface area contributed by atoms with Crippen LogP contribution in [0.3, 0.4) is 0 Å². The Morgan fingerprint density at radius 2 is 1.84 bits per heavy atom. The van der Waals surface area contributed by atoms with Crippen LogP contribution in [0.15, 0.2) is 87.8 Å². The number of rotatable bonds is 9. The van der Waals surface area contributed by atoms with Crippen LogP contribution in [-0.4, -0.2) is 29.2 Å². The quantitative estimate of drug-likeness (QED) is 0.158. The maximum Gasteiger partial charge on any atom is 0.338 e. The fraction of sp³-hybridized carbons (Fsp3) is 0.194. The molecule has 0 saturated heterocycles. The van der Waals surface area contributed by atoms with Crippen LogP contribution in [0, 0.1) is 15.9 Å². The summed E-state index contributed by atoms with van der Waals surface area (Å²) in [7, 11) is 1.49. The zero-order valence-electron chi connectivity index (χ0n) is 23.4. The van der Waals surface area contributed by atoms with Gasteiger partial charge in [0.2, 0.25) is 0 Å². The van der Waals surface area contributed by atoms with Crippen molar-refractivity contribution in [2.24, 2.45) is 4.99 Å². The molecule has 220 valence electrons. The van der Waals surface area contributed by atoms with E-state index >= 15 is 0 Å². The van der Waals surface area contributed by atoms with Crippen molar-refractivity contribution in [3.05, 3.63) is 130 Å². The van der Waals surface area contributed by atoms with Crippen LogP contribution in [0.25, 0.3) is 6.08 Å². The lowest BCUT2D eigenvalue weighted by atomic mass is 9.96. The number of hydrogen-bond acceptors (Lipinski definition) is 9. The lowest BCUT2D eigenvalue weighted by Gasteiger charge is -2.24. The number of nitro groups is 1. The van der Waals surface area contributed by atoms with E-state index in [0.717, 1.165) is 5.56 Å². The van der Waals surface area contributed by atoms with Gasteiger partial charge in [-0.15, -0.1) is 0 Å². The number of benzene rings is 3. The smallest absolute Gasteiger partial charge is 0.338 e.